The molecule has 4 rings (SSSR count). The molecule has 3 aromatic carbocycles. The van der Waals surface area contributed by atoms with Gasteiger partial charge in [-0.15, -0.1) is 0 Å². The number of hydrogen-bond acceptors (Lipinski definition) is 2. The maximum absolute atomic E-state index is 13.4. The molecule has 1 N–H and O–H groups in total. The van der Waals surface area contributed by atoms with Crippen molar-refractivity contribution >= 4 is 23.2 Å². The standard InChI is InChI=1S/C27H23ClN2O2/c1-18-8-6-7-11-23(18)29-27(32)25-24(31)16-19(2)30(17-20-12-14-22(28)15-13-20)26(25)21-9-4-3-5-10-21/h3-16H,17H2,1-2H3,(H,29,32). The van der Waals surface area contributed by atoms with Crippen molar-refractivity contribution in [2.75, 3.05) is 5.32 Å². The third kappa shape index (κ3) is 4.51. The van der Waals surface area contributed by atoms with Crippen molar-refractivity contribution in [2.45, 2.75) is 20.4 Å². The van der Waals surface area contributed by atoms with E-state index in [2.05, 4.69) is 5.32 Å². The van der Waals surface area contributed by atoms with E-state index in [9.17, 15) is 9.59 Å². The van der Waals surface area contributed by atoms with E-state index in [0.717, 1.165) is 22.4 Å². The first-order valence-corrected chi connectivity index (χ1v) is 10.7. The van der Waals surface area contributed by atoms with Crippen LogP contribution in [0, 0.1) is 13.8 Å². The van der Waals surface area contributed by atoms with Gasteiger partial charge in [-0.05, 0) is 48.7 Å². The number of benzene rings is 3. The van der Waals surface area contributed by atoms with Crippen molar-refractivity contribution < 1.29 is 4.79 Å². The monoisotopic (exact) mass is 442 g/mol. The number of nitrogens with one attached hydrogen (secondary N) is 1. The molecule has 160 valence electrons. The van der Waals surface area contributed by atoms with E-state index in [1.54, 1.807) is 0 Å². The molecule has 0 fully saturated rings. The highest BCUT2D eigenvalue weighted by Crippen LogP contribution is 2.26. The van der Waals surface area contributed by atoms with Crippen LogP contribution in [0.15, 0.2) is 89.7 Å². The Morgan fingerprint density at radius 3 is 2.25 bits per heavy atom. The van der Waals surface area contributed by atoms with Gasteiger partial charge in [-0.1, -0.05) is 72.3 Å². The Labute approximate surface area is 192 Å². The van der Waals surface area contributed by atoms with Crippen LogP contribution in [0.2, 0.25) is 5.02 Å². The third-order valence-corrected chi connectivity index (χ3v) is 5.69. The van der Waals surface area contributed by atoms with Gasteiger partial charge in [-0.3, -0.25) is 9.59 Å². The summed E-state index contributed by atoms with van der Waals surface area (Å²) >= 11 is 6.05. The van der Waals surface area contributed by atoms with Crippen molar-refractivity contribution in [3.05, 3.63) is 123 Å². The summed E-state index contributed by atoms with van der Waals surface area (Å²) in [7, 11) is 0. The molecule has 0 bridgehead atoms. The highest BCUT2D eigenvalue weighted by atomic mass is 35.5. The normalized spacial score (nSPS) is 10.7. The van der Waals surface area contributed by atoms with Crippen LogP contribution >= 0.6 is 11.6 Å². The molecule has 4 nitrogen and oxygen atoms in total. The Morgan fingerprint density at radius 1 is 0.906 bits per heavy atom. The van der Waals surface area contributed by atoms with E-state index in [1.165, 1.54) is 6.07 Å². The predicted octanol–water partition coefficient (Wildman–Crippen LogP) is 6.09. The molecule has 0 radical (unpaired) electrons. The zero-order valence-electron chi connectivity index (χ0n) is 17.9. The van der Waals surface area contributed by atoms with E-state index in [-0.39, 0.29) is 11.0 Å². The van der Waals surface area contributed by atoms with Crippen LogP contribution < -0.4 is 10.7 Å². The van der Waals surface area contributed by atoms with Gasteiger partial charge >= 0.3 is 0 Å². The lowest BCUT2D eigenvalue weighted by molar-refractivity contribution is 0.102. The number of aryl methyl sites for hydroxylation is 2. The Morgan fingerprint density at radius 2 is 1.56 bits per heavy atom. The van der Waals surface area contributed by atoms with E-state index < -0.39 is 5.91 Å². The lowest BCUT2D eigenvalue weighted by atomic mass is 10.0. The summed E-state index contributed by atoms with van der Waals surface area (Å²) in [6.45, 7) is 4.30. The molecule has 0 aliphatic carbocycles. The van der Waals surface area contributed by atoms with Crippen LogP contribution in [0.3, 0.4) is 0 Å². The number of aromatic nitrogens is 1. The fourth-order valence-corrected chi connectivity index (χ4v) is 3.88. The van der Waals surface area contributed by atoms with Gasteiger partial charge in [0.2, 0.25) is 0 Å². The zero-order valence-corrected chi connectivity index (χ0v) is 18.7. The molecule has 0 spiro atoms. The quantitative estimate of drug-likeness (QED) is 0.406. The van der Waals surface area contributed by atoms with Gasteiger partial charge in [-0.25, -0.2) is 0 Å². The first kappa shape index (κ1) is 21.6. The number of carbonyl (C=O) groups excluding carboxylic acids is 1. The van der Waals surface area contributed by atoms with Crippen molar-refractivity contribution in [3.8, 4) is 11.3 Å². The number of anilines is 1. The van der Waals surface area contributed by atoms with E-state index in [1.807, 2.05) is 97.3 Å². The third-order valence-electron chi connectivity index (χ3n) is 5.44. The lowest BCUT2D eigenvalue weighted by Crippen LogP contribution is -2.27. The maximum atomic E-state index is 13.4. The van der Waals surface area contributed by atoms with Gasteiger partial charge in [0.1, 0.15) is 5.56 Å². The minimum Gasteiger partial charge on any atom is -0.340 e. The van der Waals surface area contributed by atoms with E-state index in [0.29, 0.717) is 22.9 Å². The Kier molecular flexibility index (Phi) is 6.24. The highest BCUT2D eigenvalue weighted by molar-refractivity contribution is 6.30. The summed E-state index contributed by atoms with van der Waals surface area (Å²) in [4.78, 5) is 26.5. The minimum absolute atomic E-state index is 0.124. The van der Waals surface area contributed by atoms with Crippen LogP contribution in [0.1, 0.15) is 27.2 Å². The average Bonchev–Trinajstić information content (AvgIpc) is 2.78. The molecule has 5 heteroatoms. The molecule has 0 saturated heterocycles. The topological polar surface area (TPSA) is 51.1 Å². The molecular weight excluding hydrogens is 420 g/mol. The smallest absolute Gasteiger partial charge is 0.261 e. The number of halogens is 1. The van der Waals surface area contributed by atoms with E-state index >= 15 is 0 Å². The summed E-state index contributed by atoms with van der Waals surface area (Å²) in [5, 5.41) is 3.59. The molecule has 0 unspecified atom stereocenters. The van der Waals surface area contributed by atoms with Gasteiger partial charge in [0.15, 0.2) is 5.43 Å². The summed E-state index contributed by atoms with van der Waals surface area (Å²) in [5.41, 5.74) is 4.61. The van der Waals surface area contributed by atoms with Crippen molar-refractivity contribution in [2.24, 2.45) is 0 Å². The fraction of sp³-hybridized carbons (Fsp3) is 0.111. The number of carbonyl (C=O) groups is 1. The molecule has 1 heterocycles. The molecular formula is C27H23ClN2O2. The predicted molar refractivity (Wildman–Crippen MR) is 131 cm³/mol. The Balaban J connectivity index is 1.89. The summed E-state index contributed by atoms with van der Waals surface area (Å²) < 4.78 is 2.01. The van der Waals surface area contributed by atoms with Crippen molar-refractivity contribution in [3.63, 3.8) is 0 Å². The summed E-state index contributed by atoms with van der Waals surface area (Å²) in [5.74, 6) is -0.423. The van der Waals surface area contributed by atoms with Crippen molar-refractivity contribution in [1.82, 2.24) is 4.57 Å². The van der Waals surface area contributed by atoms with Crippen molar-refractivity contribution in [1.29, 1.82) is 0 Å². The Bertz CT molecular complexity index is 1330. The second kappa shape index (κ2) is 9.25. The second-order valence-electron chi connectivity index (χ2n) is 7.72. The number of hydrogen-bond donors (Lipinski definition) is 1. The van der Waals surface area contributed by atoms with Crippen LogP contribution in [0.5, 0.6) is 0 Å². The van der Waals surface area contributed by atoms with Gasteiger partial charge in [0, 0.05) is 29.0 Å². The molecule has 0 aliphatic rings. The highest BCUT2D eigenvalue weighted by Gasteiger charge is 2.22. The molecule has 0 aliphatic heterocycles. The molecule has 0 atom stereocenters. The first-order valence-electron chi connectivity index (χ1n) is 10.4. The second-order valence-corrected chi connectivity index (χ2v) is 8.16. The van der Waals surface area contributed by atoms with Gasteiger partial charge in [0.05, 0.1) is 5.69 Å². The van der Waals surface area contributed by atoms with E-state index in [4.69, 9.17) is 11.6 Å². The van der Waals surface area contributed by atoms with Crippen LogP contribution in [0.4, 0.5) is 5.69 Å². The first-order chi connectivity index (χ1) is 15.4. The number of nitrogens with zero attached hydrogens (tertiary/aromatic N) is 1. The zero-order chi connectivity index (χ0) is 22.7. The maximum Gasteiger partial charge on any atom is 0.261 e. The Hall–Kier alpha value is -3.63. The van der Waals surface area contributed by atoms with Crippen LogP contribution in [0.25, 0.3) is 11.3 Å². The molecule has 4 aromatic rings. The largest absolute Gasteiger partial charge is 0.340 e. The number of rotatable bonds is 5. The SMILES string of the molecule is Cc1ccccc1NC(=O)c1c(-c2ccccc2)n(Cc2ccc(Cl)cc2)c(C)cc1=O. The number of pyridine rings is 1. The molecule has 0 saturated carbocycles. The number of amides is 1. The number of para-hydroxylation sites is 1. The molecule has 1 amide bonds. The van der Waals surface area contributed by atoms with Gasteiger partial charge in [0.25, 0.3) is 5.91 Å². The average molecular weight is 443 g/mol. The minimum atomic E-state index is -0.423. The van der Waals surface area contributed by atoms with Gasteiger partial charge < -0.3 is 9.88 Å². The lowest BCUT2D eigenvalue weighted by Gasteiger charge is -2.21. The van der Waals surface area contributed by atoms with Crippen LogP contribution in [-0.2, 0) is 6.54 Å². The molecule has 1 aromatic heterocycles. The summed E-state index contributed by atoms with van der Waals surface area (Å²) in [6.07, 6.45) is 0. The molecule has 32 heavy (non-hydrogen) atoms. The van der Waals surface area contributed by atoms with Gasteiger partial charge in [-0.2, -0.15) is 0 Å². The fourth-order valence-electron chi connectivity index (χ4n) is 3.76. The summed E-state index contributed by atoms with van der Waals surface area (Å²) in [6, 6.07) is 26.1. The van der Waals surface area contributed by atoms with Crippen LogP contribution in [-0.4, -0.2) is 10.5 Å².